The predicted molar refractivity (Wildman–Crippen MR) is 140 cm³/mol. The summed E-state index contributed by atoms with van der Waals surface area (Å²) in [6.07, 6.45) is 0. The second-order valence-electron chi connectivity index (χ2n) is 8.95. The first kappa shape index (κ1) is 22.8. The average molecular weight is 518 g/mol. The van der Waals surface area contributed by atoms with E-state index in [1.165, 1.54) is 36.4 Å². The third-order valence-electron chi connectivity index (χ3n) is 6.84. The van der Waals surface area contributed by atoms with Crippen LogP contribution in [-0.4, -0.2) is 19.9 Å². The van der Waals surface area contributed by atoms with E-state index in [2.05, 4.69) is 9.69 Å². The lowest BCUT2D eigenvalue weighted by molar-refractivity contribution is 0.628. The number of halogens is 2. The SMILES string of the molecule is [C-]#[N+]/C(C#N)=C1/c2ccc(F)cc2-c2nc3cc4nc5c(nc4cc3nc21)-c1cc(F)ccc1/C5=C(/C#N)[N+]#[C-]. The zero-order valence-corrected chi connectivity index (χ0v) is 20.0. The normalized spacial score (nSPS) is 14.8. The monoisotopic (exact) mass is 518 g/mol. The van der Waals surface area contributed by atoms with Gasteiger partial charge in [-0.25, -0.2) is 48.9 Å². The van der Waals surface area contributed by atoms with Crippen LogP contribution in [0.2, 0.25) is 0 Å². The topological polar surface area (TPSA) is 108 Å². The first-order valence-corrected chi connectivity index (χ1v) is 11.6. The molecule has 2 aromatic heterocycles. The van der Waals surface area contributed by atoms with Gasteiger partial charge >= 0.3 is 0 Å². The van der Waals surface area contributed by atoms with Crippen molar-refractivity contribution in [3.63, 3.8) is 0 Å². The molecule has 0 spiro atoms. The molecular weight excluding hydrogens is 510 g/mol. The fraction of sp³-hybridized carbons (Fsp3) is 0. The zero-order valence-electron chi connectivity index (χ0n) is 20.0. The minimum Gasteiger partial charge on any atom is -0.245 e. The summed E-state index contributed by atoms with van der Waals surface area (Å²) >= 11 is 0. The van der Waals surface area contributed by atoms with Crippen molar-refractivity contribution in [2.75, 3.05) is 0 Å². The molecule has 3 aromatic carbocycles. The van der Waals surface area contributed by atoms with Crippen LogP contribution >= 0.6 is 0 Å². The minimum absolute atomic E-state index is 0.190. The number of allylic oxidation sites excluding steroid dienone is 2. The number of aromatic nitrogens is 4. The number of rotatable bonds is 0. The van der Waals surface area contributed by atoms with Crippen molar-refractivity contribution >= 4 is 33.2 Å². The van der Waals surface area contributed by atoms with E-state index in [-0.39, 0.29) is 33.9 Å². The predicted octanol–water partition coefficient (Wildman–Crippen LogP) is 6.22. The van der Waals surface area contributed by atoms with Gasteiger partial charge in [-0.2, -0.15) is 0 Å². The van der Waals surface area contributed by atoms with Gasteiger partial charge in [0.1, 0.15) is 11.6 Å². The summed E-state index contributed by atoms with van der Waals surface area (Å²) in [7, 11) is 0. The molecule has 40 heavy (non-hydrogen) atoms. The second-order valence-corrected chi connectivity index (χ2v) is 8.95. The van der Waals surface area contributed by atoms with Crippen LogP contribution in [0.4, 0.5) is 8.78 Å². The lowest BCUT2D eigenvalue weighted by Gasteiger charge is -2.07. The van der Waals surface area contributed by atoms with Gasteiger partial charge in [0.05, 0.1) is 70.1 Å². The molecule has 2 heterocycles. The van der Waals surface area contributed by atoms with Gasteiger partial charge in [-0.1, -0.05) is 12.1 Å². The molecule has 7 rings (SSSR count). The smallest absolute Gasteiger partial charge is 0.245 e. The van der Waals surface area contributed by atoms with Crippen molar-refractivity contribution in [3.8, 4) is 34.7 Å². The van der Waals surface area contributed by atoms with E-state index >= 15 is 0 Å². The molecule has 8 nitrogen and oxygen atoms in total. The zero-order chi connectivity index (χ0) is 27.7. The Kier molecular flexibility index (Phi) is 4.60. The highest BCUT2D eigenvalue weighted by Crippen LogP contribution is 2.47. The third kappa shape index (κ3) is 2.99. The van der Waals surface area contributed by atoms with E-state index in [9.17, 15) is 19.3 Å². The van der Waals surface area contributed by atoms with E-state index in [0.717, 1.165) is 0 Å². The Labute approximate surface area is 224 Å². The lowest BCUT2D eigenvalue weighted by Crippen LogP contribution is -1.97. The average Bonchev–Trinajstić information content (AvgIpc) is 3.42. The van der Waals surface area contributed by atoms with Crippen molar-refractivity contribution in [3.05, 3.63) is 117 Å². The van der Waals surface area contributed by atoms with Crippen molar-refractivity contribution in [2.45, 2.75) is 0 Å². The van der Waals surface area contributed by atoms with Gasteiger partial charge in [-0.05, 0) is 47.5 Å². The highest BCUT2D eigenvalue weighted by atomic mass is 19.1. The van der Waals surface area contributed by atoms with Gasteiger partial charge < -0.3 is 0 Å². The van der Waals surface area contributed by atoms with Gasteiger partial charge in [-0.3, -0.25) is 0 Å². The number of hydrogen-bond acceptors (Lipinski definition) is 6. The molecule has 0 saturated heterocycles. The number of hydrogen-bond donors (Lipinski definition) is 0. The molecule has 5 aromatic rings. The summed E-state index contributed by atoms with van der Waals surface area (Å²) < 4.78 is 28.4. The van der Waals surface area contributed by atoms with Crippen LogP contribution < -0.4 is 0 Å². The Bertz CT molecular complexity index is 2090. The van der Waals surface area contributed by atoms with Crippen LogP contribution in [0.15, 0.2) is 59.9 Å². The first-order valence-electron chi connectivity index (χ1n) is 11.6. The molecule has 0 radical (unpaired) electrons. The van der Waals surface area contributed by atoms with Gasteiger partial charge in [0.2, 0.25) is 0 Å². The maximum atomic E-state index is 14.2. The largest absolute Gasteiger partial charge is 0.271 e. The quantitative estimate of drug-likeness (QED) is 0.134. The molecule has 2 aliphatic carbocycles. The van der Waals surface area contributed by atoms with Crippen molar-refractivity contribution in [1.29, 1.82) is 10.5 Å². The van der Waals surface area contributed by atoms with E-state index in [1.54, 1.807) is 12.1 Å². The maximum Gasteiger partial charge on any atom is 0.271 e. The lowest BCUT2D eigenvalue weighted by atomic mass is 10.0. The number of nitrogens with zero attached hydrogens (tertiary/aromatic N) is 8. The summed E-state index contributed by atoms with van der Waals surface area (Å²) in [5, 5.41) is 19.2. The fourth-order valence-corrected chi connectivity index (χ4v) is 5.20. The van der Waals surface area contributed by atoms with Crippen LogP contribution in [-0.2, 0) is 0 Å². The molecule has 0 fully saturated rings. The molecule has 0 unspecified atom stereocenters. The molecule has 0 bridgehead atoms. The second kappa shape index (κ2) is 8.07. The van der Waals surface area contributed by atoms with E-state index in [0.29, 0.717) is 55.7 Å². The highest BCUT2D eigenvalue weighted by Gasteiger charge is 2.32. The Morgan fingerprint density at radius 1 is 0.575 bits per heavy atom. The number of benzene rings is 3. The van der Waals surface area contributed by atoms with Gasteiger partial charge in [0.15, 0.2) is 0 Å². The number of nitriles is 2. The Morgan fingerprint density at radius 3 is 1.30 bits per heavy atom. The van der Waals surface area contributed by atoms with Crippen molar-refractivity contribution in [1.82, 2.24) is 19.9 Å². The molecule has 10 heteroatoms. The molecule has 0 atom stereocenters. The fourth-order valence-electron chi connectivity index (χ4n) is 5.20. The van der Waals surface area contributed by atoms with Crippen LogP contribution in [0.3, 0.4) is 0 Å². The molecule has 0 saturated carbocycles. The Morgan fingerprint density at radius 2 is 0.950 bits per heavy atom. The summed E-state index contributed by atoms with van der Waals surface area (Å²) in [4.78, 5) is 25.6. The molecule has 0 aliphatic heterocycles. The van der Waals surface area contributed by atoms with Crippen molar-refractivity contribution in [2.24, 2.45) is 0 Å². The highest BCUT2D eigenvalue weighted by molar-refractivity contribution is 6.06. The number of fused-ring (bicyclic) bond motifs is 8. The minimum atomic E-state index is -0.502. The summed E-state index contributed by atoms with van der Waals surface area (Å²) in [6, 6.07) is 15.1. The van der Waals surface area contributed by atoms with Crippen molar-refractivity contribution < 1.29 is 8.78 Å². The molecular formula is C30H8F2N8. The summed E-state index contributed by atoms with van der Waals surface area (Å²) in [5.74, 6) is -1.00. The molecule has 2 aliphatic rings. The van der Waals surface area contributed by atoms with Crippen LogP contribution in [0, 0.1) is 47.4 Å². The Hall–Kier alpha value is -6.36. The molecule has 0 amide bonds. The van der Waals surface area contributed by atoms with Gasteiger partial charge in [0.25, 0.3) is 11.4 Å². The van der Waals surface area contributed by atoms with E-state index in [1.807, 2.05) is 12.1 Å². The van der Waals surface area contributed by atoms with Gasteiger partial charge in [0, 0.05) is 22.3 Å². The third-order valence-corrected chi connectivity index (χ3v) is 6.84. The van der Waals surface area contributed by atoms with Gasteiger partial charge in [-0.15, -0.1) is 0 Å². The molecule has 182 valence electrons. The molecule has 0 N–H and O–H groups in total. The van der Waals surface area contributed by atoms with E-state index < -0.39 is 11.6 Å². The summed E-state index contributed by atoms with van der Waals surface area (Å²) in [5.41, 5.74) is 4.75. The maximum absolute atomic E-state index is 14.2. The standard InChI is InChI=1S/C30H8F2N8/c1-35-23(11-33)25-15-5-3-13(31)7-17(15)27-29(25)39-21-9-20-22(10-19(21)37-27)40-30-26(24(12-34)36-2)16-6-4-14(32)8-18(16)28(30)38-20/h3-10H/b25-23-,26-24+. The van der Waals surface area contributed by atoms with Crippen LogP contribution in [0.25, 0.3) is 65.4 Å². The van der Waals surface area contributed by atoms with Crippen LogP contribution in [0.1, 0.15) is 22.5 Å². The first-order chi connectivity index (χ1) is 19.4. The Balaban J connectivity index is 1.54. The van der Waals surface area contributed by atoms with Crippen LogP contribution in [0.5, 0.6) is 0 Å². The summed E-state index contributed by atoms with van der Waals surface area (Å²) in [6.45, 7) is 15.0. The van der Waals surface area contributed by atoms with E-state index in [4.69, 9.17) is 33.1 Å².